The average molecular weight is 349 g/mol. The lowest BCUT2D eigenvalue weighted by Gasteiger charge is -2.35. The predicted octanol–water partition coefficient (Wildman–Crippen LogP) is 0.610. The van der Waals surface area contributed by atoms with Crippen LogP contribution in [0.2, 0.25) is 0 Å². The first-order chi connectivity index (χ1) is 11.5. The fraction of sp³-hybridized carbons (Fsp3) is 0.400. The summed E-state index contributed by atoms with van der Waals surface area (Å²) in [7, 11) is -1.75. The highest BCUT2D eigenvalue weighted by Crippen LogP contribution is 2.24. The molecule has 0 amide bonds. The largest absolute Gasteiger partial charge is 0.481 e. The Morgan fingerprint density at radius 3 is 2.42 bits per heavy atom. The van der Waals surface area contributed by atoms with Gasteiger partial charge < -0.3 is 14.5 Å². The van der Waals surface area contributed by atoms with Gasteiger partial charge in [0, 0.05) is 50.9 Å². The van der Waals surface area contributed by atoms with E-state index in [-0.39, 0.29) is 4.90 Å². The molecule has 2 aromatic rings. The lowest BCUT2D eigenvalue weighted by Crippen LogP contribution is -2.47. The smallest absolute Gasteiger partial charge is 0.228 e. The number of rotatable bonds is 4. The predicted molar refractivity (Wildman–Crippen MR) is 90.4 cm³/mol. The van der Waals surface area contributed by atoms with Gasteiger partial charge in [0.1, 0.15) is 10.7 Å². The van der Waals surface area contributed by atoms with Crippen molar-refractivity contribution in [3.05, 3.63) is 30.6 Å². The first-order valence-electron chi connectivity index (χ1n) is 7.51. The van der Waals surface area contributed by atoms with Gasteiger partial charge in [-0.15, -0.1) is 0 Å². The van der Waals surface area contributed by atoms with E-state index >= 15 is 0 Å². The van der Waals surface area contributed by atoms with E-state index in [4.69, 9.17) is 4.74 Å². The molecule has 0 aliphatic carbocycles. The van der Waals surface area contributed by atoms with Gasteiger partial charge in [0.2, 0.25) is 11.8 Å². The molecule has 9 heteroatoms. The maximum absolute atomic E-state index is 11.9. The maximum Gasteiger partial charge on any atom is 0.228 e. The normalized spacial score (nSPS) is 15.4. The van der Waals surface area contributed by atoms with E-state index in [2.05, 4.69) is 15.0 Å². The minimum absolute atomic E-state index is 0.260. The van der Waals surface area contributed by atoms with E-state index in [1.165, 1.54) is 6.26 Å². The van der Waals surface area contributed by atoms with Crippen LogP contribution in [0.25, 0.3) is 0 Å². The van der Waals surface area contributed by atoms with Crippen LogP contribution in [0, 0.1) is 0 Å². The van der Waals surface area contributed by atoms with Gasteiger partial charge in [-0.25, -0.2) is 18.4 Å². The summed E-state index contributed by atoms with van der Waals surface area (Å²) in [5.41, 5.74) is 0. The Hall–Kier alpha value is -2.42. The molecule has 0 saturated carbocycles. The summed E-state index contributed by atoms with van der Waals surface area (Å²) in [5.74, 6) is 1.64. The number of nitrogens with zero attached hydrogens (tertiary/aromatic N) is 5. The molecule has 0 atom stereocenters. The van der Waals surface area contributed by atoms with Crippen LogP contribution in [0.3, 0.4) is 0 Å². The molecule has 0 spiro atoms. The summed E-state index contributed by atoms with van der Waals surface area (Å²) in [6.07, 6.45) is 4.48. The van der Waals surface area contributed by atoms with Gasteiger partial charge in [-0.1, -0.05) is 0 Å². The van der Waals surface area contributed by atoms with Crippen molar-refractivity contribution in [2.24, 2.45) is 0 Å². The topological polar surface area (TPSA) is 88.5 Å². The summed E-state index contributed by atoms with van der Waals surface area (Å²) in [4.78, 5) is 17.2. The van der Waals surface area contributed by atoms with Gasteiger partial charge >= 0.3 is 0 Å². The van der Waals surface area contributed by atoms with E-state index in [1.54, 1.807) is 37.7 Å². The van der Waals surface area contributed by atoms with Crippen LogP contribution in [0.1, 0.15) is 0 Å². The fourth-order valence-corrected chi connectivity index (χ4v) is 3.47. The van der Waals surface area contributed by atoms with Gasteiger partial charge in [-0.05, 0) is 12.1 Å². The Labute approximate surface area is 141 Å². The summed E-state index contributed by atoms with van der Waals surface area (Å²) in [6.45, 7) is 2.63. The minimum Gasteiger partial charge on any atom is -0.481 e. The second-order valence-corrected chi connectivity index (χ2v) is 7.45. The first kappa shape index (κ1) is 16.4. The fourth-order valence-electron chi connectivity index (χ4n) is 2.63. The zero-order chi connectivity index (χ0) is 17.2. The molecule has 128 valence electrons. The molecular formula is C15H19N5O3S. The third-order valence-electron chi connectivity index (χ3n) is 3.84. The van der Waals surface area contributed by atoms with Crippen molar-refractivity contribution in [3.8, 4) is 5.88 Å². The highest BCUT2D eigenvalue weighted by molar-refractivity contribution is 7.90. The van der Waals surface area contributed by atoms with Crippen LogP contribution in [-0.4, -0.2) is 62.9 Å². The molecule has 3 heterocycles. The quantitative estimate of drug-likeness (QED) is 0.793. The van der Waals surface area contributed by atoms with E-state index in [0.717, 1.165) is 0 Å². The van der Waals surface area contributed by atoms with E-state index in [0.29, 0.717) is 43.8 Å². The molecule has 1 aliphatic heterocycles. The number of hydrogen-bond donors (Lipinski definition) is 0. The zero-order valence-corrected chi connectivity index (χ0v) is 14.4. The molecule has 3 rings (SSSR count). The molecule has 0 unspecified atom stereocenters. The van der Waals surface area contributed by atoms with Gasteiger partial charge in [-0.3, -0.25) is 0 Å². The lowest BCUT2D eigenvalue weighted by atomic mass is 10.3. The molecule has 24 heavy (non-hydrogen) atoms. The Balaban J connectivity index is 1.76. The van der Waals surface area contributed by atoms with Crippen LogP contribution in [0.4, 0.5) is 11.8 Å². The second kappa shape index (κ2) is 6.60. The number of aromatic nitrogens is 3. The lowest BCUT2D eigenvalue weighted by molar-refractivity contribution is 0.396. The Bertz CT molecular complexity index is 819. The summed E-state index contributed by atoms with van der Waals surface area (Å²) in [5, 5.41) is 0. The molecule has 8 nitrogen and oxygen atoms in total. The van der Waals surface area contributed by atoms with Crippen LogP contribution in [-0.2, 0) is 9.84 Å². The number of hydrogen-bond acceptors (Lipinski definition) is 8. The number of piperazine rings is 1. The van der Waals surface area contributed by atoms with Gasteiger partial charge in [-0.2, -0.15) is 4.98 Å². The standard InChI is InChI=1S/C15H19N5O3S/c1-23-13-5-7-17-15(18-13)20-10-8-19(9-11-20)14-12(24(2,21)22)4-3-6-16-14/h3-7H,8-11H2,1-2H3. The number of ether oxygens (including phenoxy) is 1. The van der Waals surface area contributed by atoms with Crippen LogP contribution in [0.15, 0.2) is 35.5 Å². The first-order valence-corrected chi connectivity index (χ1v) is 9.40. The van der Waals surface area contributed by atoms with Crippen molar-refractivity contribution in [3.63, 3.8) is 0 Å². The SMILES string of the molecule is COc1ccnc(N2CCN(c3ncccc3S(C)(=O)=O)CC2)n1. The zero-order valence-electron chi connectivity index (χ0n) is 13.6. The van der Waals surface area contributed by atoms with Gasteiger partial charge in [0.15, 0.2) is 9.84 Å². The van der Waals surface area contributed by atoms with Gasteiger partial charge in [0.05, 0.1) is 7.11 Å². The Morgan fingerprint density at radius 2 is 1.75 bits per heavy atom. The van der Waals surface area contributed by atoms with Crippen molar-refractivity contribution in [1.29, 1.82) is 0 Å². The molecule has 0 N–H and O–H groups in total. The van der Waals surface area contributed by atoms with E-state index in [9.17, 15) is 8.42 Å². The molecular weight excluding hydrogens is 330 g/mol. The highest BCUT2D eigenvalue weighted by atomic mass is 32.2. The van der Waals surface area contributed by atoms with E-state index in [1.807, 2.05) is 9.80 Å². The summed E-state index contributed by atoms with van der Waals surface area (Å²) >= 11 is 0. The second-order valence-electron chi connectivity index (χ2n) is 5.47. The third-order valence-corrected chi connectivity index (χ3v) is 4.96. The summed E-state index contributed by atoms with van der Waals surface area (Å²) in [6, 6.07) is 4.93. The van der Waals surface area contributed by atoms with Crippen molar-refractivity contribution in [1.82, 2.24) is 15.0 Å². The number of sulfone groups is 1. The minimum atomic E-state index is -3.32. The summed E-state index contributed by atoms with van der Waals surface area (Å²) < 4.78 is 29.0. The van der Waals surface area contributed by atoms with E-state index < -0.39 is 9.84 Å². The Morgan fingerprint density at radius 1 is 1.04 bits per heavy atom. The van der Waals surface area contributed by atoms with Crippen molar-refractivity contribution >= 4 is 21.6 Å². The molecule has 1 saturated heterocycles. The number of anilines is 2. The highest BCUT2D eigenvalue weighted by Gasteiger charge is 2.24. The molecule has 1 fully saturated rings. The maximum atomic E-state index is 11.9. The molecule has 2 aromatic heterocycles. The van der Waals surface area contributed by atoms with Crippen molar-refractivity contribution in [2.45, 2.75) is 4.90 Å². The number of pyridine rings is 1. The van der Waals surface area contributed by atoms with Gasteiger partial charge in [0.25, 0.3) is 0 Å². The van der Waals surface area contributed by atoms with Crippen LogP contribution >= 0.6 is 0 Å². The number of methoxy groups -OCH3 is 1. The Kier molecular flexibility index (Phi) is 4.52. The van der Waals surface area contributed by atoms with Crippen molar-refractivity contribution in [2.75, 3.05) is 49.3 Å². The van der Waals surface area contributed by atoms with Crippen LogP contribution in [0.5, 0.6) is 5.88 Å². The van der Waals surface area contributed by atoms with Crippen LogP contribution < -0.4 is 14.5 Å². The molecule has 0 radical (unpaired) electrons. The molecule has 0 bridgehead atoms. The monoisotopic (exact) mass is 349 g/mol. The molecule has 1 aliphatic rings. The molecule has 0 aromatic carbocycles. The van der Waals surface area contributed by atoms with Crippen molar-refractivity contribution < 1.29 is 13.2 Å². The third kappa shape index (κ3) is 3.40. The average Bonchev–Trinajstić information content (AvgIpc) is 2.61.